The molecule has 1 atom stereocenters. The van der Waals surface area contributed by atoms with Gasteiger partial charge in [0.25, 0.3) is 15.9 Å². The van der Waals surface area contributed by atoms with Gasteiger partial charge in [-0.2, -0.15) is 0 Å². The fraction of sp³-hybridized carbons (Fsp3) is 0.500. The second-order valence-electron chi connectivity index (χ2n) is 7.25. The third-order valence-electron chi connectivity index (χ3n) is 4.72. The first-order chi connectivity index (χ1) is 14.2. The Hall–Kier alpha value is -1.30. The van der Waals surface area contributed by atoms with Crippen molar-refractivity contribution in [1.29, 1.82) is 0 Å². The number of nitrogens with one attached hydrogen (secondary N) is 2. The number of likely N-dealkylation sites (tertiary alicyclic amines) is 1. The standard InChI is InChI=1S/C18H23Cl2N5O3S2/c1-12-4-2-8-25(11-12)9-3-7-21-30(27,28)18-24-23-17(29-18)22-16(26)14-6-5-13(19)10-15(14)20/h5-6,10,12,21H,2-4,7-9,11H2,1H3,(H,22,23,26)/t12-/m1/s1. The lowest BCUT2D eigenvalue weighted by molar-refractivity contribution is 0.102. The maximum Gasteiger partial charge on any atom is 0.269 e. The van der Waals surface area contributed by atoms with Gasteiger partial charge >= 0.3 is 0 Å². The zero-order valence-corrected chi connectivity index (χ0v) is 19.5. The number of anilines is 1. The maximum absolute atomic E-state index is 12.4. The number of halogens is 2. The molecule has 1 aliphatic heterocycles. The quantitative estimate of drug-likeness (QED) is 0.432. The fourth-order valence-corrected chi connectivity index (χ4v) is 5.77. The number of sulfonamides is 1. The lowest BCUT2D eigenvalue weighted by Gasteiger charge is -2.30. The summed E-state index contributed by atoms with van der Waals surface area (Å²) < 4.78 is 27.2. The average molecular weight is 492 g/mol. The van der Waals surface area contributed by atoms with Crippen LogP contribution in [0.5, 0.6) is 0 Å². The van der Waals surface area contributed by atoms with E-state index >= 15 is 0 Å². The van der Waals surface area contributed by atoms with Gasteiger partial charge in [-0.15, -0.1) is 10.2 Å². The zero-order valence-electron chi connectivity index (χ0n) is 16.4. The largest absolute Gasteiger partial charge is 0.303 e. The first-order valence-corrected chi connectivity index (χ1v) is 12.6. The number of carbonyl (C=O) groups is 1. The molecule has 12 heteroatoms. The van der Waals surface area contributed by atoms with E-state index < -0.39 is 15.9 Å². The number of benzene rings is 1. The van der Waals surface area contributed by atoms with E-state index in [1.807, 2.05) is 0 Å². The molecule has 1 fully saturated rings. The summed E-state index contributed by atoms with van der Waals surface area (Å²) in [5, 5.41) is 10.6. The molecule has 1 amide bonds. The molecule has 0 aliphatic carbocycles. The van der Waals surface area contributed by atoms with Gasteiger partial charge < -0.3 is 4.90 Å². The lowest BCUT2D eigenvalue weighted by Crippen LogP contribution is -2.36. The second-order valence-corrected chi connectivity index (χ2v) is 11.0. The van der Waals surface area contributed by atoms with Crippen molar-refractivity contribution in [3.8, 4) is 0 Å². The molecule has 8 nitrogen and oxygen atoms in total. The van der Waals surface area contributed by atoms with Gasteiger partial charge in [-0.3, -0.25) is 10.1 Å². The molecule has 2 N–H and O–H groups in total. The van der Waals surface area contributed by atoms with Crippen molar-refractivity contribution in [2.24, 2.45) is 5.92 Å². The Morgan fingerprint density at radius 2 is 2.13 bits per heavy atom. The highest BCUT2D eigenvalue weighted by Gasteiger charge is 2.22. The van der Waals surface area contributed by atoms with Gasteiger partial charge in [0.1, 0.15) is 0 Å². The van der Waals surface area contributed by atoms with E-state index in [1.165, 1.54) is 31.0 Å². The summed E-state index contributed by atoms with van der Waals surface area (Å²) in [5.74, 6) is 0.161. The van der Waals surface area contributed by atoms with E-state index in [0.717, 1.165) is 31.0 Å². The van der Waals surface area contributed by atoms with Gasteiger partial charge in [0.05, 0.1) is 10.6 Å². The number of hydrogen-bond donors (Lipinski definition) is 2. The summed E-state index contributed by atoms with van der Waals surface area (Å²) in [5.41, 5.74) is 0.200. The summed E-state index contributed by atoms with van der Waals surface area (Å²) in [6.07, 6.45) is 3.15. The van der Waals surface area contributed by atoms with Crippen molar-refractivity contribution >= 4 is 55.6 Å². The van der Waals surface area contributed by atoms with Crippen molar-refractivity contribution in [2.45, 2.75) is 30.5 Å². The van der Waals surface area contributed by atoms with Gasteiger partial charge in [0.2, 0.25) is 9.47 Å². The van der Waals surface area contributed by atoms with Crippen molar-refractivity contribution in [3.63, 3.8) is 0 Å². The van der Waals surface area contributed by atoms with Crippen LogP contribution in [0.3, 0.4) is 0 Å². The first-order valence-electron chi connectivity index (χ1n) is 9.56. The molecule has 0 radical (unpaired) electrons. The van der Waals surface area contributed by atoms with Gasteiger partial charge in [0.15, 0.2) is 0 Å². The Kier molecular flexibility index (Phi) is 8.05. The van der Waals surface area contributed by atoms with Crippen LogP contribution in [0.25, 0.3) is 0 Å². The molecule has 0 bridgehead atoms. The molecular formula is C18H23Cl2N5O3S2. The minimum atomic E-state index is -3.79. The highest BCUT2D eigenvalue weighted by Crippen LogP contribution is 2.24. The number of carbonyl (C=O) groups excluding carboxylic acids is 1. The van der Waals surface area contributed by atoms with Gasteiger partial charge in [0, 0.05) is 18.1 Å². The van der Waals surface area contributed by atoms with Gasteiger partial charge in [-0.1, -0.05) is 41.5 Å². The number of aromatic nitrogens is 2. The van der Waals surface area contributed by atoms with E-state index in [2.05, 4.69) is 32.1 Å². The van der Waals surface area contributed by atoms with Crippen molar-refractivity contribution in [3.05, 3.63) is 33.8 Å². The predicted molar refractivity (Wildman–Crippen MR) is 119 cm³/mol. The summed E-state index contributed by atoms with van der Waals surface area (Å²) in [4.78, 5) is 14.7. The number of nitrogens with zero attached hydrogens (tertiary/aromatic N) is 3. The highest BCUT2D eigenvalue weighted by molar-refractivity contribution is 7.91. The first kappa shape index (κ1) is 23.4. The molecule has 1 aromatic heterocycles. The molecular weight excluding hydrogens is 469 g/mol. The Morgan fingerprint density at radius 3 is 2.87 bits per heavy atom. The van der Waals surface area contributed by atoms with Crippen LogP contribution in [0.2, 0.25) is 10.0 Å². The number of amides is 1. The van der Waals surface area contributed by atoms with Crippen LogP contribution in [-0.2, 0) is 10.0 Å². The molecule has 1 aliphatic rings. The maximum atomic E-state index is 12.4. The van der Waals surface area contributed by atoms with Crippen molar-refractivity contribution < 1.29 is 13.2 Å². The molecule has 0 spiro atoms. The van der Waals surface area contributed by atoms with Crippen LogP contribution in [0.15, 0.2) is 22.5 Å². The van der Waals surface area contributed by atoms with Crippen molar-refractivity contribution in [2.75, 3.05) is 31.5 Å². The monoisotopic (exact) mass is 491 g/mol. The van der Waals surface area contributed by atoms with E-state index in [0.29, 0.717) is 23.9 Å². The summed E-state index contributed by atoms with van der Waals surface area (Å²) >= 11 is 12.6. The third-order valence-corrected chi connectivity index (χ3v) is 7.93. The molecule has 1 aromatic carbocycles. The zero-order chi connectivity index (χ0) is 21.7. The van der Waals surface area contributed by atoms with Crippen LogP contribution >= 0.6 is 34.5 Å². The molecule has 0 saturated carbocycles. The van der Waals surface area contributed by atoms with Crippen LogP contribution in [0, 0.1) is 5.92 Å². The van der Waals surface area contributed by atoms with E-state index in [4.69, 9.17) is 23.2 Å². The van der Waals surface area contributed by atoms with E-state index in [9.17, 15) is 13.2 Å². The Morgan fingerprint density at radius 1 is 1.33 bits per heavy atom. The highest BCUT2D eigenvalue weighted by atomic mass is 35.5. The van der Waals surface area contributed by atoms with Crippen molar-refractivity contribution in [1.82, 2.24) is 19.8 Å². The molecule has 2 heterocycles. The molecule has 0 unspecified atom stereocenters. The lowest BCUT2D eigenvalue weighted by atomic mass is 10.0. The summed E-state index contributed by atoms with van der Waals surface area (Å²) in [6, 6.07) is 4.46. The van der Waals surface area contributed by atoms with Crippen LogP contribution in [0.1, 0.15) is 36.5 Å². The SMILES string of the molecule is C[C@@H]1CCCN(CCCNS(=O)(=O)c2nnc(NC(=O)c3ccc(Cl)cc3Cl)s2)C1. The smallest absolute Gasteiger partial charge is 0.269 e. The normalized spacial score (nSPS) is 17.8. The van der Waals surface area contributed by atoms with E-state index in [1.54, 1.807) is 0 Å². The van der Waals surface area contributed by atoms with Gasteiger partial charge in [-0.05, 0) is 56.5 Å². The average Bonchev–Trinajstić information content (AvgIpc) is 3.15. The Labute approximate surface area is 190 Å². The topological polar surface area (TPSA) is 104 Å². The number of piperidine rings is 1. The van der Waals surface area contributed by atoms with E-state index in [-0.39, 0.29) is 20.1 Å². The number of rotatable bonds is 8. The van der Waals surface area contributed by atoms with Gasteiger partial charge in [-0.25, -0.2) is 13.1 Å². The van der Waals surface area contributed by atoms with Crippen LogP contribution < -0.4 is 10.0 Å². The predicted octanol–water partition coefficient (Wildman–Crippen LogP) is 3.50. The number of hydrogen-bond acceptors (Lipinski definition) is 7. The fourth-order valence-electron chi connectivity index (χ4n) is 3.27. The Balaban J connectivity index is 1.51. The molecule has 30 heavy (non-hydrogen) atoms. The van der Waals surface area contributed by atoms with Crippen LogP contribution in [0.4, 0.5) is 5.13 Å². The minimum absolute atomic E-state index is 0.0636. The summed E-state index contributed by atoms with van der Waals surface area (Å²) in [7, 11) is -3.79. The Bertz CT molecular complexity index is 999. The molecule has 1 saturated heterocycles. The molecule has 3 rings (SSSR count). The van der Waals surface area contributed by atoms with Crippen LogP contribution in [-0.4, -0.2) is 55.6 Å². The summed E-state index contributed by atoms with van der Waals surface area (Å²) in [6.45, 7) is 5.53. The molecule has 164 valence electrons. The molecule has 2 aromatic rings. The minimum Gasteiger partial charge on any atom is -0.303 e. The third kappa shape index (κ3) is 6.35. The second kappa shape index (κ2) is 10.3.